The Morgan fingerprint density at radius 2 is 1.90 bits per heavy atom. The largest absolute Gasteiger partial charge is 0.342 e. The normalized spacial score (nSPS) is 14.4. The summed E-state index contributed by atoms with van der Waals surface area (Å²) in [5.74, 6) is 0.163. The Bertz CT molecular complexity index is 1130. The molecule has 148 valence electrons. The lowest BCUT2D eigenvalue weighted by Crippen LogP contribution is -2.29. The highest BCUT2D eigenvalue weighted by atomic mass is 35.5. The first-order valence-corrected chi connectivity index (χ1v) is 9.88. The molecule has 2 amide bonds. The number of amides is 2. The third kappa shape index (κ3) is 3.99. The van der Waals surface area contributed by atoms with E-state index in [4.69, 9.17) is 23.2 Å². The quantitative estimate of drug-likeness (QED) is 0.605. The van der Waals surface area contributed by atoms with Crippen LogP contribution in [0, 0.1) is 0 Å². The SMILES string of the molecule is C[C@H](NC(=O)c1ccc(C(=O)N2CC=CC2)c(Cl)c1)c1nc2cc(Cl)ccc2[nH]1. The van der Waals surface area contributed by atoms with Crippen molar-refractivity contribution in [3.05, 3.63) is 75.5 Å². The molecule has 0 spiro atoms. The van der Waals surface area contributed by atoms with Crippen LogP contribution in [0.15, 0.2) is 48.6 Å². The van der Waals surface area contributed by atoms with Crippen LogP contribution < -0.4 is 5.32 Å². The molecule has 1 atom stereocenters. The van der Waals surface area contributed by atoms with Crippen molar-refractivity contribution >= 4 is 46.0 Å². The molecule has 3 aromatic rings. The molecular formula is C21H18Cl2N4O2. The van der Waals surface area contributed by atoms with Gasteiger partial charge in [-0.05, 0) is 43.3 Å². The number of rotatable bonds is 4. The molecule has 2 heterocycles. The van der Waals surface area contributed by atoms with Gasteiger partial charge in [-0.1, -0.05) is 35.4 Å². The second-order valence-electron chi connectivity index (χ2n) is 6.85. The molecular weight excluding hydrogens is 411 g/mol. The van der Waals surface area contributed by atoms with Crippen LogP contribution in [0.2, 0.25) is 10.0 Å². The van der Waals surface area contributed by atoms with Gasteiger partial charge in [-0.25, -0.2) is 4.98 Å². The Morgan fingerprint density at radius 3 is 2.62 bits per heavy atom. The monoisotopic (exact) mass is 428 g/mol. The van der Waals surface area contributed by atoms with E-state index in [0.717, 1.165) is 11.0 Å². The second kappa shape index (κ2) is 7.89. The number of nitrogens with one attached hydrogen (secondary N) is 2. The van der Waals surface area contributed by atoms with E-state index in [1.54, 1.807) is 29.2 Å². The van der Waals surface area contributed by atoms with E-state index in [2.05, 4.69) is 15.3 Å². The maximum atomic E-state index is 12.6. The molecule has 0 fully saturated rings. The highest BCUT2D eigenvalue weighted by Crippen LogP contribution is 2.22. The Morgan fingerprint density at radius 1 is 1.14 bits per heavy atom. The van der Waals surface area contributed by atoms with Crippen molar-refractivity contribution in [3.63, 3.8) is 0 Å². The highest BCUT2D eigenvalue weighted by molar-refractivity contribution is 6.34. The number of carbonyl (C=O) groups excluding carboxylic acids is 2. The Hall–Kier alpha value is -2.83. The zero-order valence-corrected chi connectivity index (χ0v) is 17.1. The lowest BCUT2D eigenvalue weighted by Gasteiger charge is -2.17. The third-order valence-corrected chi connectivity index (χ3v) is 5.34. The summed E-state index contributed by atoms with van der Waals surface area (Å²) in [5, 5.41) is 3.74. The first-order chi connectivity index (χ1) is 13.9. The standard InChI is InChI=1S/C21H18Cl2N4O2/c1-12(19-25-17-7-5-14(22)11-18(17)26-19)24-20(28)13-4-6-15(16(23)10-13)21(29)27-8-2-3-9-27/h2-7,10-12H,8-9H2,1H3,(H,24,28)(H,25,26)/t12-/m0/s1. The van der Waals surface area contributed by atoms with Crippen molar-refractivity contribution in [2.45, 2.75) is 13.0 Å². The minimum Gasteiger partial charge on any atom is -0.342 e. The highest BCUT2D eigenvalue weighted by Gasteiger charge is 2.21. The Balaban J connectivity index is 1.48. The molecule has 6 nitrogen and oxygen atoms in total. The maximum absolute atomic E-state index is 12.6. The molecule has 29 heavy (non-hydrogen) atoms. The molecule has 1 aliphatic heterocycles. The van der Waals surface area contributed by atoms with Crippen molar-refractivity contribution in [2.75, 3.05) is 13.1 Å². The smallest absolute Gasteiger partial charge is 0.255 e. The van der Waals surface area contributed by atoms with Gasteiger partial charge >= 0.3 is 0 Å². The molecule has 4 rings (SSSR count). The van der Waals surface area contributed by atoms with E-state index < -0.39 is 0 Å². The Kier molecular flexibility index (Phi) is 5.30. The number of aromatic amines is 1. The molecule has 1 aliphatic rings. The number of aromatic nitrogens is 2. The fourth-order valence-corrected chi connectivity index (χ4v) is 3.62. The lowest BCUT2D eigenvalue weighted by atomic mass is 10.1. The van der Waals surface area contributed by atoms with Crippen LogP contribution in [0.5, 0.6) is 0 Å². The molecule has 0 unspecified atom stereocenters. The molecule has 8 heteroatoms. The maximum Gasteiger partial charge on any atom is 0.255 e. The van der Waals surface area contributed by atoms with Crippen LogP contribution in [-0.4, -0.2) is 39.8 Å². The first kappa shape index (κ1) is 19.5. The summed E-state index contributed by atoms with van der Waals surface area (Å²) < 4.78 is 0. The van der Waals surface area contributed by atoms with Gasteiger partial charge in [-0.15, -0.1) is 0 Å². The summed E-state index contributed by atoms with van der Waals surface area (Å²) in [6.45, 7) is 2.96. The average Bonchev–Trinajstić information content (AvgIpc) is 3.36. The predicted octanol–water partition coefficient (Wildman–Crippen LogP) is 4.37. The van der Waals surface area contributed by atoms with Crippen molar-refractivity contribution in [1.82, 2.24) is 20.2 Å². The predicted molar refractivity (Wildman–Crippen MR) is 113 cm³/mol. The van der Waals surface area contributed by atoms with E-state index in [-0.39, 0.29) is 22.9 Å². The van der Waals surface area contributed by atoms with E-state index in [9.17, 15) is 9.59 Å². The number of H-pyrrole nitrogens is 1. The van der Waals surface area contributed by atoms with Gasteiger partial charge in [0.15, 0.2) is 0 Å². The van der Waals surface area contributed by atoms with E-state index in [1.807, 2.05) is 25.1 Å². The fourth-order valence-electron chi connectivity index (χ4n) is 3.20. The van der Waals surface area contributed by atoms with Crippen molar-refractivity contribution < 1.29 is 9.59 Å². The van der Waals surface area contributed by atoms with Crippen molar-refractivity contribution in [1.29, 1.82) is 0 Å². The van der Waals surface area contributed by atoms with Crippen LogP contribution in [0.4, 0.5) is 0 Å². The summed E-state index contributed by atoms with van der Waals surface area (Å²) in [7, 11) is 0. The minimum atomic E-state index is -0.357. The van der Waals surface area contributed by atoms with Gasteiger partial charge in [0.2, 0.25) is 0 Å². The summed E-state index contributed by atoms with van der Waals surface area (Å²) in [6, 6.07) is 9.72. The molecule has 1 aromatic heterocycles. The van der Waals surface area contributed by atoms with Gasteiger partial charge in [0.25, 0.3) is 11.8 Å². The second-order valence-corrected chi connectivity index (χ2v) is 7.70. The van der Waals surface area contributed by atoms with E-state index >= 15 is 0 Å². The van der Waals surface area contributed by atoms with Gasteiger partial charge in [0, 0.05) is 23.7 Å². The summed E-state index contributed by atoms with van der Waals surface area (Å²) in [6.07, 6.45) is 3.86. The van der Waals surface area contributed by atoms with Crippen molar-refractivity contribution in [2.24, 2.45) is 0 Å². The number of imidazole rings is 1. The topological polar surface area (TPSA) is 78.1 Å². The minimum absolute atomic E-state index is 0.152. The summed E-state index contributed by atoms with van der Waals surface area (Å²) in [4.78, 5) is 34.5. The molecule has 2 N–H and O–H groups in total. The van der Waals surface area contributed by atoms with Gasteiger partial charge in [-0.3, -0.25) is 9.59 Å². The van der Waals surface area contributed by atoms with Gasteiger partial charge < -0.3 is 15.2 Å². The first-order valence-electron chi connectivity index (χ1n) is 9.12. The van der Waals surface area contributed by atoms with Gasteiger partial charge in [0.1, 0.15) is 5.82 Å². The zero-order chi connectivity index (χ0) is 20.5. The van der Waals surface area contributed by atoms with Crippen LogP contribution in [0.3, 0.4) is 0 Å². The van der Waals surface area contributed by atoms with E-state index in [1.165, 1.54) is 6.07 Å². The number of halogens is 2. The fraction of sp³-hybridized carbons (Fsp3) is 0.190. The molecule has 0 bridgehead atoms. The number of hydrogen-bond donors (Lipinski definition) is 2. The molecule has 2 aromatic carbocycles. The number of benzene rings is 2. The number of fused-ring (bicyclic) bond motifs is 1. The van der Waals surface area contributed by atoms with Crippen LogP contribution in [0.25, 0.3) is 11.0 Å². The van der Waals surface area contributed by atoms with Gasteiger partial charge in [0.05, 0.1) is 27.7 Å². The van der Waals surface area contributed by atoms with Gasteiger partial charge in [-0.2, -0.15) is 0 Å². The lowest BCUT2D eigenvalue weighted by molar-refractivity contribution is 0.0799. The van der Waals surface area contributed by atoms with Crippen LogP contribution >= 0.6 is 23.2 Å². The zero-order valence-electron chi connectivity index (χ0n) is 15.6. The van der Waals surface area contributed by atoms with Crippen molar-refractivity contribution in [3.8, 4) is 0 Å². The number of nitrogens with zero attached hydrogens (tertiary/aromatic N) is 2. The molecule has 0 saturated heterocycles. The Labute approximate surface area is 177 Å². The van der Waals surface area contributed by atoms with E-state index in [0.29, 0.717) is 35.1 Å². The third-order valence-electron chi connectivity index (χ3n) is 4.79. The van der Waals surface area contributed by atoms with Crippen LogP contribution in [0.1, 0.15) is 39.5 Å². The number of hydrogen-bond acceptors (Lipinski definition) is 3. The molecule has 0 radical (unpaired) electrons. The average molecular weight is 429 g/mol. The molecule has 0 saturated carbocycles. The number of carbonyl (C=O) groups is 2. The summed E-state index contributed by atoms with van der Waals surface area (Å²) >= 11 is 12.3. The van der Waals surface area contributed by atoms with Crippen LogP contribution in [-0.2, 0) is 0 Å². The molecule has 0 aliphatic carbocycles. The summed E-state index contributed by atoms with van der Waals surface area (Å²) in [5.41, 5.74) is 2.33.